The van der Waals surface area contributed by atoms with Gasteiger partial charge >= 0.3 is 12.0 Å². The van der Waals surface area contributed by atoms with Gasteiger partial charge in [-0.3, -0.25) is 0 Å². The summed E-state index contributed by atoms with van der Waals surface area (Å²) in [6, 6.07) is 6.37. The molecule has 1 aromatic heterocycles. The Kier molecular flexibility index (Phi) is 3.37. The molecule has 0 saturated heterocycles. The highest BCUT2D eigenvalue weighted by Gasteiger charge is 2.13. The van der Waals surface area contributed by atoms with Crippen LogP contribution in [0.1, 0.15) is 24.5 Å². The van der Waals surface area contributed by atoms with Crippen molar-refractivity contribution >= 4 is 5.95 Å². The van der Waals surface area contributed by atoms with E-state index in [0.717, 1.165) is 12.8 Å². The number of rotatable bonds is 4. The van der Waals surface area contributed by atoms with E-state index in [1.807, 2.05) is 19.1 Å². The number of anilines is 1. The fourth-order valence-corrected chi connectivity index (χ4v) is 2.31. The van der Waals surface area contributed by atoms with E-state index in [4.69, 9.17) is 15.2 Å². The molecule has 0 saturated carbocycles. The third-order valence-corrected chi connectivity index (χ3v) is 3.16. The van der Waals surface area contributed by atoms with Gasteiger partial charge in [0.05, 0.1) is 6.61 Å². The molecule has 3 rings (SSSR count). The molecular weight excluding hydrogens is 256 g/mol. The van der Waals surface area contributed by atoms with Crippen LogP contribution < -0.4 is 15.2 Å². The number of hydrogen-bond acceptors (Lipinski definition) is 6. The number of aromatic nitrogens is 3. The summed E-state index contributed by atoms with van der Waals surface area (Å²) in [5.41, 5.74) is 8.33. The summed E-state index contributed by atoms with van der Waals surface area (Å²) >= 11 is 0. The first-order valence-corrected chi connectivity index (χ1v) is 6.68. The Labute approximate surface area is 117 Å². The topological polar surface area (TPSA) is 83.2 Å². The maximum Gasteiger partial charge on any atom is 0.330 e. The number of ether oxygens (including phenoxy) is 2. The number of hydrogen-bond donors (Lipinski definition) is 1. The molecule has 0 radical (unpaired) electrons. The summed E-state index contributed by atoms with van der Waals surface area (Å²) in [5, 5.41) is 0. The highest BCUT2D eigenvalue weighted by Crippen LogP contribution is 2.28. The van der Waals surface area contributed by atoms with Crippen LogP contribution in [0.5, 0.6) is 17.8 Å². The Morgan fingerprint density at radius 2 is 1.90 bits per heavy atom. The zero-order valence-corrected chi connectivity index (χ0v) is 11.3. The van der Waals surface area contributed by atoms with Crippen LogP contribution in [0.2, 0.25) is 0 Å². The minimum Gasteiger partial charge on any atom is -0.464 e. The first kappa shape index (κ1) is 12.7. The summed E-state index contributed by atoms with van der Waals surface area (Å²) in [6.45, 7) is 2.31. The Morgan fingerprint density at radius 3 is 2.75 bits per heavy atom. The second kappa shape index (κ2) is 5.32. The van der Waals surface area contributed by atoms with Crippen molar-refractivity contribution in [2.75, 3.05) is 12.3 Å². The molecule has 20 heavy (non-hydrogen) atoms. The van der Waals surface area contributed by atoms with Crippen LogP contribution in [0.25, 0.3) is 0 Å². The van der Waals surface area contributed by atoms with Crippen molar-refractivity contribution in [2.45, 2.75) is 26.2 Å². The number of benzene rings is 1. The van der Waals surface area contributed by atoms with Gasteiger partial charge in [0.1, 0.15) is 5.75 Å². The lowest BCUT2D eigenvalue weighted by Gasteiger charge is -2.07. The lowest BCUT2D eigenvalue weighted by Crippen LogP contribution is -2.04. The molecule has 0 unspecified atom stereocenters. The molecule has 1 aliphatic rings. The molecule has 6 heteroatoms. The number of nitrogens with zero attached hydrogens (tertiary/aromatic N) is 3. The van der Waals surface area contributed by atoms with Gasteiger partial charge in [-0.25, -0.2) is 0 Å². The second-order valence-corrected chi connectivity index (χ2v) is 4.58. The number of nitrogen functional groups attached to an aromatic ring is 1. The molecule has 0 bridgehead atoms. The first-order valence-electron chi connectivity index (χ1n) is 6.68. The minimum atomic E-state index is 0.0830. The van der Waals surface area contributed by atoms with Crippen molar-refractivity contribution < 1.29 is 9.47 Å². The van der Waals surface area contributed by atoms with Gasteiger partial charge in [-0.05, 0) is 49.4 Å². The van der Waals surface area contributed by atoms with Gasteiger partial charge in [0.25, 0.3) is 0 Å². The second-order valence-electron chi connectivity index (χ2n) is 4.58. The van der Waals surface area contributed by atoms with Gasteiger partial charge in [0.2, 0.25) is 5.95 Å². The van der Waals surface area contributed by atoms with Crippen LogP contribution in [0.15, 0.2) is 18.2 Å². The third-order valence-electron chi connectivity index (χ3n) is 3.16. The van der Waals surface area contributed by atoms with Crippen LogP contribution >= 0.6 is 0 Å². The number of nitrogens with two attached hydrogens (primary N) is 1. The van der Waals surface area contributed by atoms with Gasteiger partial charge < -0.3 is 15.2 Å². The van der Waals surface area contributed by atoms with E-state index in [2.05, 4.69) is 21.0 Å². The maximum atomic E-state index is 5.65. The molecule has 6 nitrogen and oxygen atoms in total. The molecule has 0 aliphatic heterocycles. The van der Waals surface area contributed by atoms with Crippen molar-refractivity contribution in [3.63, 3.8) is 0 Å². The van der Waals surface area contributed by atoms with E-state index in [1.165, 1.54) is 17.5 Å². The maximum absolute atomic E-state index is 5.65. The van der Waals surface area contributed by atoms with E-state index in [9.17, 15) is 0 Å². The van der Waals surface area contributed by atoms with E-state index in [-0.39, 0.29) is 18.0 Å². The van der Waals surface area contributed by atoms with Gasteiger partial charge in [-0.2, -0.15) is 9.97 Å². The van der Waals surface area contributed by atoms with Crippen molar-refractivity contribution in [1.82, 2.24) is 15.0 Å². The van der Waals surface area contributed by atoms with E-state index < -0.39 is 0 Å². The number of aryl methyl sites for hydroxylation is 2. The Morgan fingerprint density at radius 1 is 1.10 bits per heavy atom. The monoisotopic (exact) mass is 272 g/mol. The molecule has 0 atom stereocenters. The zero-order chi connectivity index (χ0) is 13.9. The first-order chi connectivity index (χ1) is 9.74. The smallest absolute Gasteiger partial charge is 0.330 e. The SMILES string of the molecule is CCOc1nc(N)nc(Oc2ccc3c(c2)CCC3)n1. The molecule has 104 valence electrons. The predicted octanol–water partition coefficient (Wildman–Crippen LogP) is 2.13. The summed E-state index contributed by atoms with van der Waals surface area (Å²) in [6.07, 6.45) is 3.44. The van der Waals surface area contributed by atoms with Crippen molar-refractivity contribution in [2.24, 2.45) is 0 Å². The standard InChI is InChI=1S/C14H16N4O2/c1-2-19-13-16-12(15)17-14(18-13)20-11-7-6-9-4-3-5-10(9)8-11/h6-8H,2-5H2,1H3,(H2,15,16,17,18). The third kappa shape index (κ3) is 2.64. The molecule has 1 heterocycles. The van der Waals surface area contributed by atoms with E-state index >= 15 is 0 Å². The lowest BCUT2D eigenvalue weighted by molar-refractivity contribution is 0.304. The van der Waals surface area contributed by atoms with E-state index in [1.54, 1.807) is 0 Å². The molecule has 0 spiro atoms. The average Bonchev–Trinajstić information content (AvgIpc) is 2.85. The van der Waals surface area contributed by atoms with Gasteiger partial charge in [-0.15, -0.1) is 4.98 Å². The molecule has 2 N–H and O–H groups in total. The highest BCUT2D eigenvalue weighted by molar-refractivity contribution is 5.39. The van der Waals surface area contributed by atoms with E-state index in [0.29, 0.717) is 12.4 Å². The van der Waals surface area contributed by atoms with Gasteiger partial charge in [0, 0.05) is 0 Å². The van der Waals surface area contributed by atoms with Crippen LogP contribution in [0, 0.1) is 0 Å². The largest absolute Gasteiger partial charge is 0.464 e. The predicted molar refractivity (Wildman–Crippen MR) is 73.9 cm³/mol. The normalized spacial score (nSPS) is 13.1. The minimum absolute atomic E-state index is 0.0830. The molecule has 0 fully saturated rings. The Hall–Kier alpha value is -2.37. The lowest BCUT2D eigenvalue weighted by atomic mass is 10.1. The van der Waals surface area contributed by atoms with Crippen molar-refractivity contribution in [1.29, 1.82) is 0 Å². The molecular formula is C14H16N4O2. The van der Waals surface area contributed by atoms with Crippen LogP contribution in [0.3, 0.4) is 0 Å². The quantitative estimate of drug-likeness (QED) is 0.918. The summed E-state index contributed by atoms with van der Waals surface area (Å²) in [7, 11) is 0. The molecule has 1 aromatic carbocycles. The van der Waals surface area contributed by atoms with Gasteiger partial charge in [0.15, 0.2) is 0 Å². The van der Waals surface area contributed by atoms with Gasteiger partial charge in [-0.1, -0.05) is 6.07 Å². The summed E-state index contributed by atoms with van der Waals surface area (Å²) in [5.74, 6) is 0.790. The molecule has 2 aromatic rings. The van der Waals surface area contributed by atoms with Crippen molar-refractivity contribution in [3.05, 3.63) is 29.3 Å². The molecule has 1 aliphatic carbocycles. The van der Waals surface area contributed by atoms with Crippen LogP contribution in [0.4, 0.5) is 5.95 Å². The summed E-state index contributed by atoms with van der Waals surface area (Å²) < 4.78 is 10.9. The Balaban J connectivity index is 1.83. The Bertz CT molecular complexity index is 631. The van der Waals surface area contributed by atoms with Crippen LogP contribution in [-0.2, 0) is 12.8 Å². The van der Waals surface area contributed by atoms with Crippen molar-refractivity contribution in [3.8, 4) is 17.8 Å². The fraction of sp³-hybridized carbons (Fsp3) is 0.357. The zero-order valence-electron chi connectivity index (χ0n) is 11.3. The summed E-state index contributed by atoms with van der Waals surface area (Å²) in [4.78, 5) is 11.9. The number of fused-ring (bicyclic) bond motifs is 1. The van der Waals surface area contributed by atoms with Crippen LogP contribution in [-0.4, -0.2) is 21.6 Å². The highest BCUT2D eigenvalue weighted by atomic mass is 16.5. The molecule has 0 amide bonds. The average molecular weight is 272 g/mol. The fourth-order valence-electron chi connectivity index (χ4n) is 2.31.